The molecule has 1 saturated heterocycles. The van der Waals surface area contributed by atoms with Gasteiger partial charge in [0.1, 0.15) is 0 Å². The molecule has 4 heteroatoms. The number of amides is 1. The number of hydrogen-bond donors (Lipinski definition) is 0. The predicted octanol–water partition coefficient (Wildman–Crippen LogP) is 2.92. The Morgan fingerprint density at radius 1 is 1.24 bits per heavy atom. The molecule has 0 radical (unpaired) electrons. The Bertz CT molecular complexity index is 495. The molecule has 2 heterocycles. The molecule has 0 bridgehead atoms. The first-order chi connectivity index (χ1) is 10.3. The van der Waals surface area contributed by atoms with Crippen LogP contribution >= 0.6 is 0 Å². The summed E-state index contributed by atoms with van der Waals surface area (Å²) < 4.78 is 5.07. The van der Waals surface area contributed by atoms with E-state index in [4.69, 9.17) is 4.74 Å². The van der Waals surface area contributed by atoms with Gasteiger partial charge >= 0.3 is 6.09 Å². The van der Waals surface area contributed by atoms with E-state index in [2.05, 4.69) is 29.2 Å². The van der Waals surface area contributed by atoms with Gasteiger partial charge in [-0.15, -0.1) is 0 Å². The third-order valence-electron chi connectivity index (χ3n) is 4.60. The third-order valence-corrected chi connectivity index (χ3v) is 4.60. The number of para-hydroxylation sites is 1. The fourth-order valence-corrected chi connectivity index (χ4v) is 3.42. The highest BCUT2D eigenvalue weighted by Crippen LogP contribution is 2.30. The summed E-state index contributed by atoms with van der Waals surface area (Å²) in [5, 5.41) is 0. The number of benzene rings is 1. The molecule has 1 aromatic carbocycles. The Balaban J connectivity index is 1.51. The Morgan fingerprint density at radius 2 is 2.00 bits per heavy atom. The number of carbonyl (C=O) groups excluding carboxylic acids is 1. The molecule has 4 nitrogen and oxygen atoms in total. The van der Waals surface area contributed by atoms with Crippen molar-refractivity contribution in [1.29, 1.82) is 0 Å². The highest BCUT2D eigenvalue weighted by atomic mass is 16.6. The van der Waals surface area contributed by atoms with Crippen molar-refractivity contribution in [1.82, 2.24) is 4.90 Å². The molecule has 0 aliphatic carbocycles. The Hall–Kier alpha value is -1.71. The smallest absolute Gasteiger partial charge is 0.409 e. The van der Waals surface area contributed by atoms with E-state index in [1.165, 1.54) is 11.3 Å². The van der Waals surface area contributed by atoms with Gasteiger partial charge in [0.05, 0.1) is 6.61 Å². The van der Waals surface area contributed by atoms with Gasteiger partial charge in [-0.05, 0) is 43.7 Å². The summed E-state index contributed by atoms with van der Waals surface area (Å²) >= 11 is 0. The molecular weight excluding hydrogens is 264 g/mol. The van der Waals surface area contributed by atoms with Crippen molar-refractivity contribution in [2.75, 3.05) is 37.7 Å². The van der Waals surface area contributed by atoms with Crippen molar-refractivity contribution in [2.24, 2.45) is 5.92 Å². The highest BCUT2D eigenvalue weighted by Gasteiger charge is 2.27. The van der Waals surface area contributed by atoms with E-state index in [-0.39, 0.29) is 6.09 Å². The fraction of sp³-hybridized carbons (Fsp3) is 0.588. The molecule has 3 rings (SSSR count). The van der Waals surface area contributed by atoms with Crippen LogP contribution in [0.15, 0.2) is 24.3 Å². The number of anilines is 1. The van der Waals surface area contributed by atoms with Crippen molar-refractivity contribution in [3.05, 3.63) is 29.8 Å². The summed E-state index contributed by atoms with van der Waals surface area (Å²) in [7, 11) is 0. The number of hydrogen-bond acceptors (Lipinski definition) is 3. The molecule has 0 N–H and O–H groups in total. The molecule has 2 aliphatic rings. The molecule has 0 aromatic heterocycles. The molecule has 0 atom stereocenters. The highest BCUT2D eigenvalue weighted by molar-refractivity contribution is 5.67. The first-order valence-corrected chi connectivity index (χ1v) is 8.02. The van der Waals surface area contributed by atoms with E-state index in [1.807, 2.05) is 11.8 Å². The molecule has 1 fully saturated rings. The van der Waals surface area contributed by atoms with E-state index in [0.29, 0.717) is 12.5 Å². The summed E-state index contributed by atoms with van der Waals surface area (Å²) in [5.41, 5.74) is 2.88. The molecular formula is C17H24N2O2. The summed E-state index contributed by atoms with van der Waals surface area (Å²) in [6.07, 6.45) is 3.18. The second-order valence-corrected chi connectivity index (χ2v) is 5.95. The van der Waals surface area contributed by atoms with E-state index in [1.54, 1.807) is 0 Å². The number of likely N-dealkylation sites (tertiary alicyclic amines) is 1. The minimum Gasteiger partial charge on any atom is -0.450 e. The number of carbonyl (C=O) groups is 1. The van der Waals surface area contributed by atoms with Gasteiger partial charge in [0.15, 0.2) is 0 Å². The van der Waals surface area contributed by atoms with Crippen molar-refractivity contribution in [2.45, 2.75) is 26.2 Å². The van der Waals surface area contributed by atoms with Gasteiger partial charge in [0.2, 0.25) is 0 Å². The molecule has 1 aromatic rings. The summed E-state index contributed by atoms with van der Waals surface area (Å²) in [6, 6.07) is 8.72. The quantitative estimate of drug-likeness (QED) is 0.857. The van der Waals surface area contributed by atoms with Crippen molar-refractivity contribution in [3.8, 4) is 0 Å². The Morgan fingerprint density at radius 3 is 2.76 bits per heavy atom. The van der Waals surface area contributed by atoms with E-state index >= 15 is 0 Å². The number of ether oxygens (including phenoxy) is 1. The molecule has 114 valence electrons. The van der Waals surface area contributed by atoms with Crippen molar-refractivity contribution >= 4 is 11.8 Å². The van der Waals surface area contributed by atoms with Gasteiger partial charge in [-0.3, -0.25) is 0 Å². The number of rotatable bonds is 3. The van der Waals surface area contributed by atoms with Crippen molar-refractivity contribution < 1.29 is 9.53 Å². The lowest BCUT2D eigenvalue weighted by Gasteiger charge is -2.34. The molecule has 0 unspecified atom stereocenters. The van der Waals surface area contributed by atoms with Crippen molar-refractivity contribution in [3.63, 3.8) is 0 Å². The van der Waals surface area contributed by atoms with Crippen LogP contribution in [0.5, 0.6) is 0 Å². The molecule has 21 heavy (non-hydrogen) atoms. The van der Waals surface area contributed by atoms with Crippen LogP contribution in [0, 0.1) is 5.92 Å². The lowest BCUT2D eigenvalue weighted by molar-refractivity contribution is 0.0924. The van der Waals surface area contributed by atoms with Crippen LogP contribution in [0.3, 0.4) is 0 Å². The van der Waals surface area contributed by atoms with Gasteiger partial charge < -0.3 is 14.5 Å². The van der Waals surface area contributed by atoms with Crippen LogP contribution in [0.1, 0.15) is 25.3 Å². The van der Waals surface area contributed by atoms with Gasteiger partial charge in [0, 0.05) is 31.9 Å². The van der Waals surface area contributed by atoms with Gasteiger partial charge in [-0.25, -0.2) is 4.79 Å². The number of piperidine rings is 1. The zero-order chi connectivity index (χ0) is 14.7. The minimum absolute atomic E-state index is 0.150. The number of nitrogens with zero attached hydrogens (tertiary/aromatic N) is 2. The maximum Gasteiger partial charge on any atom is 0.409 e. The van der Waals surface area contributed by atoms with E-state index in [9.17, 15) is 4.79 Å². The summed E-state index contributed by atoms with van der Waals surface area (Å²) in [4.78, 5) is 16.1. The predicted molar refractivity (Wildman–Crippen MR) is 83.7 cm³/mol. The second-order valence-electron chi connectivity index (χ2n) is 5.95. The van der Waals surface area contributed by atoms with Crippen LogP contribution < -0.4 is 4.90 Å². The van der Waals surface area contributed by atoms with Crippen LogP contribution in [0.25, 0.3) is 0 Å². The Kier molecular flexibility index (Phi) is 4.32. The molecule has 1 amide bonds. The zero-order valence-corrected chi connectivity index (χ0v) is 12.8. The van der Waals surface area contributed by atoms with Crippen LogP contribution in [0.2, 0.25) is 0 Å². The lowest BCUT2D eigenvalue weighted by Crippen LogP contribution is -2.41. The maximum atomic E-state index is 11.7. The number of fused-ring (bicyclic) bond motifs is 1. The lowest BCUT2D eigenvalue weighted by atomic mass is 9.96. The van der Waals surface area contributed by atoms with Crippen LogP contribution in [-0.4, -0.2) is 43.8 Å². The standard InChI is InChI=1S/C17H24N2O2/c1-2-21-17(20)18-10-7-14(8-11-18)13-19-12-9-15-5-3-4-6-16(15)19/h3-6,14H,2,7-13H2,1H3. The fourth-order valence-electron chi connectivity index (χ4n) is 3.42. The first-order valence-electron chi connectivity index (χ1n) is 8.02. The average Bonchev–Trinajstić information content (AvgIpc) is 2.92. The maximum absolute atomic E-state index is 11.7. The Labute approximate surface area is 126 Å². The molecule has 0 saturated carbocycles. The summed E-state index contributed by atoms with van der Waals surface area (Å²) in [5.74, 6) is 0.682. The molecule has 2 aliphatic heterocycles. The van der Waals surface area contributed by atoms with E-state index < -0.39 is 0 Å². The first kappa shape index (κ1) is 14.2. The largest absolute Gasteiger partial charge is 0.450 e. The van der Waals surface area contributed by atoms with Gasteiger partial charge in [-0.1, -0.05) is 18.2 Å². The average molecular weight is 288 g/mol. The van der Waals surface area contributed by atoms with Gasteiger partial charge in [-0.2, -0.15) is 0 Å². The second kappa shape index (κ2) is 6.37. The minimum atomic E-state index is -0.150. The topological polar surface area (TPSA) is 32.8 Å². The zero-order valence-electron chi connectivity index (χ0n) is 12.8. The SMILES string of the molecule is CCOC(=O)N1CCC(CN2CCc3ccccc32)CC1. The van der Waals surface area contributed by atoms with Gasteiger partial charge in [0.25, 0.3) is 0 Å². The monoisotopic (exact) mass is 288 g/mol. The van der Waals surface area contributed by atoms with Crippen LogP contribution in [-0.2, 0) is 11.2 Å². The normalized spacial score (nSPS) is 18.7. The van der Waals surface area contributed by atoms with Crippen LogP contribution in [0.4, 0.5) is 10.5 Å². The third kappa shape index (κ3) is 3.14. The summed E-state index contributed by atoms with van der Waals surface area (Å²) in [6.45, 7) is 6.24. The molecule has 0 spiro atoms. The van der Waals surface area contributed by atoms with E-state index in [0.717, 1.165) is 45.4 Å².